The van der Waals surface area contributed by atoms with Crippen molar-refractivity contribution in [2.45, 2.75) is 66.7 Å². The van der Waals surface area contributed by atoms with E-state index in [0.717, 1.165) is 68.7 Å². The molecule has 37 heavy (non-hydrogen) atoms. The molecule has 196 valence electrons. The number of halogens is 2. The standard InChI is InChI=1S/C31H36F2N2O2/c1-16-22(9-10-24-29(16)34-11-12-36-24)26-17(2)27-28-20(13-21(32)14-23(28)33)15-35(8)30(27)18(3)25(26)19(4)37-31(5,6)7/h9-10,13-14,19,34H,11-12,15H2,1-8H3. The molecule has 1 atom stereocenters. The summed E-state index contributed by atoms with van der Waals surface area (Å²) in [4.78, 5) is 2.10. The normalized spacial score (nSPS) is 15.4. The Morgan fingerprint density at radius 3 is 2.43 bits per heavy atom. The molecule has 3 aromatic rings. The van der Waals surface area contributed by atoms with Crippen LogP contribution in [0.1, 0.15) is 61.6 Å². The first-order chi connectivity index (χ1) is 17.4. The number of hydrogen-bond donors (Lipinski definition) is 1. The number of fused-ring (bicyclic) bond motifs is 4. The predicted octanol–water partition coefficient (Wildman–Crippen LogP) is 7.85. The van der Waals surface area contributed by atoms with Gasteiger partial charge in [-0.3, -0.25) is 0 Å². The summed E-state index contributed by atoms with van der Waals surface area (Å²) in [6.45, 7) is 16.3. The maximum Gasteiger partial charge on any atom is 0.142 e. The Morgan fingerprint density at radius 1 is 1.00 bits per heavy atom. The fourth-order valence-electron chi connectivity index (χ4n) is 6.24. The summed E-state index contributed by atoms with van der Waals surface area (Å²) >= 11 is 0. The Labute approximate surface area is 218 Å². The van der Waals surface area contributed by atoms with Crippen LogP contribution in [0.15, 0.2) is 24.3 Å². The minimum absolute atomic E-state index is 0.216. The van der Waals surface area contributed by atoms with E-state index in [0.29, 0.717) is 24.3 Å². The van der Waals surface area contributed by atoms with Gasteiger partial charge in [0.15, 0.2) is 0 Å². The Kier molecular flexibility index (Phi) is 6.22. The third-order valence-corrected chi connectivity index (χ3v) is 7.49. The fraction of sp³-hybridized carbons (Fsp3) is 0.419. The lowest BCUT2D eigenvalue weighted by molar-refractivity contribution is -0.0529. The van der Waals surface area contributed by atoms with Gasteiger partial charge in [-0.1, -0.05) is 6.07 Å². The maximum atomic E-state index is 15.5. The van der Waals surface area contributed by atoms with Crippen molar-refractivity contribution in [3.05, 3.63) is 63.7 Å². The van der Waals surface area contributed by atoms with E-state index in [4.69, 9.17) is 9.47 Å². The molecular weight excluding hydrogens is 470 g/mol. The molecule has 2 aliphatic heterocycles. The molecule has 5 rings (SSSR count). The molecule has 0 amide bonds. The van der Waals surface area contributed by atoms with Crippen LogP contribution >= 0.6 is 0 Å². The summed E-state index contributed by atoms with van der Waals surface area (Å²) in [6, 6.07) is 6.55. The Balaban J connectivity index is 1.88. The summed E-state index contributed by atoms with van der Waals surface area (Å²) in [5.74, 6) is -0.239. The van der Waals surface area contributed by atoms with Gasteiger partial charge in [-0.2, -0.15) is 0 Å². The second-order valence-corrected chi connectivity index (χ2v) is 11.3. The molecular formula is C31H36F2N2O2. The highest BCUT2D eigenvalue weighted by Crippen LogP contribution is 2.52. The van der Waals surface area contributed by atoms with Crippen molar-refractivity contribution < 1.29 is 18.3 Å². The number of nitrogens with one attached hydrogen (secondary N) is 1. The van der Waals surface area contributed by atoms with Crippen molar-refractivity contribution in [2.75, 3.05) is 30.4 Å². The molecule has 0 saturated carbocycles. The summed E-state index contributed by atoms with van der Waals surface area (Å²) in [7, 11) is 1.99. The third kappa shape index (κ3) is 4.25. The lowest BCUT2D eigenvalue weighted by atomic mass is 9.79. The molecule has 0 spiro atoms. The third-order valence-electron chi connectivity index (χ3n) is 7.49. The van der Waals surface area contributed by atoms with E-state index in [1.807, 2.05) is 13.1 Å². The molecule has 0 fully saturated rings. The van der Waals surface area contributed by atoms with Crippen molar-refractivity contribution in [3.8, 4) is 28.0 Å². The zero-order valence-corrected chi connectivity index (χ0v) is 23.0. The van der Waals surface area contributed by atoms with Crippen molar-refractivity contribution in [1.29, 1.82) is 0 Å². The first kappa shape index (κ1) is 25.5. The Bertz CT molecular complexity index is 1410. The van der Waals surface area contributed by atoms with E-state index in [2.05, 4.69) is 64.7 Å². The van der Waals surface area contributed by atoms with Crippen molar-refractivity contribution in [3.63, 3.8) is 0 Å². The van der Waals surface area contributed by atoms with Crippen molar-refractivity contribution in [2.24, 2.45) is 0 Å². The second-order valence-electron chi connectivity index (χ2n) is 11.3. The van der Waals surface area contributed by atoms with Crippen molar-refractivity contribution >= 4 is 11.4 Å². The number of anilines is 2. The van der Waals surface area contributed by atoms with Crippen LogP contribution in [0.5, 0.6) is 5.75 Å². The molecule has 0 aromatic heterocycles. The molecule has 6 heteroatoms. The fourth-order valence-corrected chi connectivity index (χ4v) is 6.24. The second kappa shape index (κ2) is 9.02. The van der Waals surface area contributed by atoms with Gasteiger partial charge in [-0.15, -0.1) is 0 Å². The quantitative estimate of drug-likeness (QED) is 0.392. The van der Waals surface area contributed by atoms with E-state index < -0.39 is 11.6 Å². The lowest BCUT2D eigenvalue weighted by Gasteiger charge is -2.37. The molecule has 4 nitrogen and oxygen atoms in total. The monoisotopic (exact) mass is 506 g/mol. The number of nitrogens with zero attached hydrogens (tertiary/aromatic N) is 1. The van der Waals surface area contributed by atoms with Crippen LogP contribution in [0.3, 0.4) is 0 Å². The molecule has 2 aliphatic rings. The van der Waals surface area contributed by atoms with E-state index in [1.54, 1.807) is 0 Å². The Morgan fingerprint density at radius 2 is 1.73 bits per heavy atom. The molecule has 0 saturated heterocycles. The number of rotatable bonds is 3. The first-order valence-electron chi connectivity index (χ1n) is 12.9. The van der Waals surface area contributed by atoms with E-state index in [-0.39, 0.29) is 11.7 Å². The zero-order valence-electron chi connectivity index (χ0n) is 23.0. The van der Waals surface area contributed by atoms with Crippen LogP contribution in [0, 0.1) is 32.4 Å². The zero-order chi connectivity index (χ0) is 26.8. The van der Waals surface area contributed by atoms with Gasteiger partial charge in [0.1, 0.15) is 24.0 Å². The van der Waals surface area contributed by atoms with Crippen LogP contribution in [0.4, 0.5) is 20.2 Å². The highest BCUT2D eigenvalue weighted by molar-refractivity contribution is 5.96. The van der Waals surface area contributed by atoms with E-state index in [9.17, 15) is 4.39 Å². The van der Waals surface area contributed by atoms with Gasteiger partial charge in [0.25, 0.3) is 0 Å². The van der Waals surface area contributed by atoms with Crippen LogP contribution < -0.4 is 15.0 Å². The van der Waals surface area contributed by atoms with Gasteiger partial charge in [0, 0.05) is 43.0 Å². The predicted molar refractivity (Wildman–Crippen MR) is 147 cm³/mol. The molecule has 3 aromatic carbocycles. The van der Waals surface area contributed by atoms with Crippen LogP contribution in [0.25, 0.3) is 22.3 Å². The molecule has 0 aliphatic carbocycles. The summed E-state index contributed by atoms with van der Waals surface area (Å²) in [5.41, 5.74) is 9.82. The smallest absolute Gasteiger partial charge is 0.142 e. The molecule has 0 radical (unpaired) electrons. The van der Waals surface area contributed by atoms with E-state index in [1.165, 1.54) is 6.07 Å². The van der Waals surface area contributed by atoms with Crippen molar-refractivity contribution in [1.82, 2.24) is 0 Å². The molecule has 0 bridgehead atoms. The highest BCUT2D eigenvalue weighted by Gasteiger charge is 2.34. The maximum absolute atomic E-state index is 15.5. The highest BCUT2D eigenvalue weighted by atomic mass is 19.1. The molecule has 1 N–H and O–H groups in total. The summed E-state index contributed by atoms with van der Waals surface area (Å²) < 4.78 is 42.1. The molecule has 1 unspecified atom stereocenters. The largest absolute Gasteiger partial charge is 0.490 e. The van der Waals surface area contributed by atoms with Crippen LogP contribution in [-0.2, 0) is 11.3 Å². The summed E-state index contributed by atoms with van der Waals surface area (Å²) in [6.07, 6.45) is -0.216. The van der Waals surface area contributed by atoms with E-state index >= 15 is 4.39 Å². The van der Waals surface area contributed by atoms with Crippen LogP contribution in [0.2, 0.25) is 0 Å². The van der Waals surface area contributed by atoms with Gasteiger partial charge in [0.05, 0.1) is 17.4 Å². The minimum atomic E-state index is -0.553. The average molecular weight is 507 g/mol. The number of benzene rings is 3. The van der Waals surface area contributed by atoms with Gasteiger partial charge >= 0.3 is 0 Å². The van der Waals surface area contributed by atoms with Crippen LogP contribution in [-0.4, -0.2) is 25.8 Å². The lowest BCUT2D eigenvalue weighted by Crippen LogP contribution is -2.27. The van der Waals surface area contributed by atoms with Gasteiger partial charge in [-0.05, 0) is 99.5 Å². The number of ether oxygens (including phenoxy) is 2. The van der Waals surface area contributed by atoms with Gasteiger partial charge in [0.2, 0.25) is 0 Å². The topological polar surface area (TPSA) is 33.7 Å². The number of hydrogen-bond acceptors (Lipinski definition) is 4. The van der Waals surface area contributed by atoms with Gasteiger partial charge < -0.3 is 19.7 Å². The average Bonchev–Trinajstić information content (AvgIpc) is 2.79. The summed E-state index contributed by atoms with van der Waals surface area (Å²) in [5, 5.41) is 3.50. The molecule has 2 heterocycles. The SMILES string of the molecule is Cc1c(-c2c(C)c3c(c(C)c2C(C)OC(C)(C)C)N(C)Cc2cc(F)cc(F)c2-3)ccc2c1NCCO2. The van der Waals surface area contributed by atoms with Gasteiger partial charge in [-0.25, -0.2) is 8.78 Å². The Hall–Kier alpha value is -3.12. The minimum Gasteiger partial charge on any atom is -0.490 e. The first-order valence-corrected chi connectivity index (χ1v) is 12.9.